The van der Waals surface area contributed by atoms with Crippen LogP contribution in [0.25, 0.3) is 0 Å². The quantitative estimate of drug-likeness (QED) is 0.309. The topological polar surface area (TPSA) is 105 Å². The van der Waals surface area contributed by atoms with Gasteiger partial charge in [-0.2, -0.15) is 0 Å². The van der Waals surface area contributed by atoms with E-state index in [4.69, 9.17) is 18.9 Å². The summed E-state index contributed by atoms with van der Waals surface area (Å²) >= 11 is 0. The van der Waals surface area contributed by atoms with Gasteiger partial charge in [0.05, 0.1) is 18.6 Å². The second-order valence-electron chi connectivity index (χ2n) is 12.5. The minimum absolute atomic E-state index is 0.0416. The summed E-state index contributed by atoms with van der Waals surface area (Å²) in [4.78, 5) is 28.4. The summed E-state index contributed by atoms with van der Waals surface area (Å²) in [7, 11) is 3.80. The molecule has 9 nitrogen and oxygen atoms in total. The van der Waals surface area contributed by atoms with Crippen LogP contribution in [0.2, 0.25) is 0 Å². The van der Waals surface area contributed by atoms with Gasteiger partial charge in [0.2, 0.25) is 5.91 Å². The lowest BCUT2D eigenvalue weighted by atomic mass is 9.68. The van der Waals surface area contributed by atoms with Crippen LogP contribution in [0.5, 0.6) is 0 Å². The number of nitrogens with one attached hydrogen (secondary N) is 2. The number of alkyl carbamates (subject to hydrolysis) is 1. The Morgan fingerprint density at radius 1 is 1.24 bits per heavy atom. The molecular weight excluding hydrogens is 486 g/mol. The van der Waals surface area contributed by atoms with Gasteiger partial charge in [-0.15, -0.1) is 0 Å². The minimum atomic E-state index is -0.667. The summed E-state index contributed by atoms with van der Waals surface area (Å²) in [6.45, 7) is 12.5. The first-order valence-corrected chi connectivity index (χ1v) is 14.4. The highest BCUT2D eigenvalue weighted by Gasteiger charge is 2.72. The SMILES string of the molecule is CO[C@H]1[C@@H]([C@@]2(C)O[C@@H]2CC=C(C)C)[C@]2(CC[C@H]1OC(=O)N[C@@H](C(=O)NCCC1CCCN1C)C(C)C)CO2. The molecule has 1 saturated carbocycles. The molecule has 3 aliphatic heterocycles. The Hall–Kier alpha value is -1.68. The van der Waals surface area contributed by atoms with E-state index in [1.807, 2.05) is 13.8 Å². The number of carbonyl (C=O) groups excluding carboxylic acids is 2. The van der Waals surface area contributed by atoms with Gasteiger partial charge in [0.1, 0.15) is 29.5 Å². The highest BCUT2D eigenvalue weighted by atomic mass is 16.6. The van der Waals surface area contributed by atoms with E-state index in [9.17, 15) is 9.59 Å². The van der Waals surface area contributed by atoms with Gasteiger partial charge >= 0.3 is 6.09 Å². The molecule has 38 heavy (non-hydrogen) atoms. The van der Waals surface area contributed by atoms with Crippen molar-refractivity contribution in [1.29, 1.82) is 0 Å². The predicted octanol–water partition coefficient (Wildman–Crippen LogP) is 3.41. The first kappa shape index (κ1) is 29.3. The smallest absolute Gasteiger partial charge is 0.408 e. The lowest BCUT2D eigenvalue weighted by Crippen LogP contribution is -2.57. The second kappa shape index (κ2) is 11.8. The number of rotatable bonds is 11. The summed E-state index contributed by atoms with van der Waals surface area (Å²) in [6.07, 6.45) is 6.46. The molecular formula is C29H49N3O6. The lowest BCUT2D eigenvalue weighted by molar-refractivity contribution is -0.125. The summed E-state index contributed by atoms with van der Waals surface area (Å²) in [5.74, 6) is -0.291. The predicted molar refractivity (Wildman–Crippen MR) is 145 cm³/mol. The Balaban J connectivity index is 1.34. The normalized spacial score (nSPS) is 37.1. The largest absolute Gasteiger partial charge is 0.443 e. The van der Waals surface area contributed by atoms with E-state index in [1.165, 1.54) is 18.4 Å². The molecule has 3 saturated heterocycles. The highest BCUT2D eigenvalue weighted by molar-refractivity contribution is 5.85. The van der Waals surface area contributed by atoms with Crippen molar-refractivity contribution in [3.8, 4) is 0 Å². The fourth-order valence-corrected chi connectivity index (χ4v) is 6.72. The third-order valence-electron chi connectivity index (χ3n) is 9.17. The molecule has 0 aromatic carbocycles. The van der Waals surface area contributed by atoms with Crippen LogP contribution in [0.4, 0.5) is 4.79 Å². The van der Waals surface area contributed by atoms with Gasteiger partial charge in [-0.1, -0.05) is 25.5 Å². The van der Waals surface area contributed by atoms with Crippen molar-refractivity contribution in [1.82, 2.24) is 15.5 Å². The molecule has 0 radical (unpaired) electrons. The first-order valence-electron chi connectivity index (χ1n) is 14.4. The molecule has 9 heteroatoms. The fraction of sp³-hybridized carbons (Fsp3) is 0.862. The third-order valence-corrected chi connectivity index (χ3v) is 9.17. The van der Waals surface area contributed by atoms with Gasteiger partial charge in [0, 0.05) is 19.7 Å². The fourth-order valence-electron chi connectivity index (χ4n) is 6.72. The molecule has 2 N–H and O–H groups in total. The Morgan fingerprint density at radius 3 is 2.55 bits per heavy atom. The summed E-state index contributed by atoms with van der Waals surface area (Å²) < 4.78 is 24.2. The van der Waals surface area contributed by atoms with E-state index in [-0.39, 0.29) is 35.6 Å². The number of amides is 2. The van der Waals surface area contributed by atoms with Crippen LogP contribution in [0.15, 0.2) is 11.6 Å². The molecule has 1 spiro atoms. The van der Waals surface area contributed by atoms with Crippen LogP contribution in [0.1, 0.15) is 73.1 Å². The van der Waals surface area contributed by atoms with Gasteiger partial charge in [0.15, 0.2) is 0 Å². The first-order chi connectivity index (χ1) is 18.0. The van der Waals surface area contributed by atoms with E-state index in [2.05, 4.69) is 49.4 Å². The number of likely N-dealkylation sites (tertiary alicyclic amines) is 1. The van der Waals surface area contributed by atoms with Crippen LogP contribution >= 0.6 is 0 Å². The van der Waals surface area contributed by atoms with E-state index in [0.717, 1.165) is 25.8 Å². The maximum Gasteiger partial charge on any atom is 0.408 e. The number of nitrogens with zero attached hydrogens (tertiary/aromatic N) is 1. The molecule has 3 heterocycles. The minimum Gasteiger partial charge on any atom is -0.443 e. The molecule has 216 valence electrons. The van der Waals surface area contributed by atoms with E-state index < -0.39 is 23.8 Å². The zero-order valence-electron chi connectivity index (χ0n) is 24.4. The standard InChI is InChI=1S/C29H49N3O6/c1-18(2)10-11-22-28(5,38-22)25-24(35-7)21(12-14-29(25)17-36-29)37-27(34)31-23(19(3)4)26(33)30-15-13-20-9-8-16-32(20)6/h10,19-25H,8-9,11-17H2,1-7H3,(H,30,33)(H,31,34)/t20?,21-,22-,23-,24-,25+,28+,29+/m1/s1. The van der Waals surface area contributed by atoms with E-state index >= 15 is 0 Å². The Kier molecular flexibility index (Phi) is 9.12. The van der Waals surface area contributed by atoms with Crippen molar-refractivity contribution in [2.75, 3.05) is 33.9 Å². The van der Waals surface area contributed by atoms with Gasteiger partial charge < -0.3 is 34.5 Å². The van der Waals surface area contributed by atoms with Gasteiger partial charge in [-0.25, -0.2) is 4.79 Å². The molecule has 0 aromatic heterocycles. The third kappa shape index (κ3) is 6.37. The number of methoxy groups -OCH3 is 1. The average Bonchev–Trinajstić information content (AvgIpc) is 3.73. The number of allylic oxidation sites excluding steroid dienone is 1. The number of epoxide rings is 2. The maximum absolute atomic E-state index is 13.1. The monoisotopic (exact) mass is 535 g/mol. The second-order valence-corrected chi connectivity index (χ2v) is 12.5. The molecule has 4 aliphatic rings. The van der Waals surface area contributed by atoms with Crippen molar-refractivity contribution >= 4 is 12.0 Å². The molecule has 8 atom stereocenters. The highest BCUT2D eigenvalue weighted by Crippen LogP contribution is 2.59. The summed E-state index contributed by atoms with van der Waals surface area (Å²) in [5, 5.41) is 5.85. The van der Waals surface area contributed by atoms with Crippen LogP contribution in [0.3, 0.4) is 0 Å². The Bertz CT molecular complexity index is 886. The number of hydrogen-bond donors (Lipinski definition) is 2. The Morgan fingerprint density at radius 2 is 1.97 bits per heavy atom. The Labute approximate surface area is 228 Å². The molecule has 1 unspecified atom stereocenters. The van der Waals surface area contributed by atoms with Crippen molar-refractivity contribution in [2.24, 2.45) is 11.8 Å². The van der Waals surface area contributed by atoms with E-state index in [1.54, 1.807) is 7.11 Å². The molecule has 2 amide bonds. The van der Waals surface area contributed by atoms with Gasteiger partial charge in [-0.3, -0.25) is 4.79 Å². The molecule has 1 aliphatic carbocycles. The number of hydrogen-bond acceptors (Lipinski definition) is 7. The van der Waals surface area contributed by atoms with Crippen LogP contribution < -0.4 is 10.6 Å². The van der Waals surface area contributed by atoms with Crippen LogP contribution in [-0.4, -0.2) is 92.4 Å². The van der Waals surface area contributed by atoms with Gasteiger partial charge in [0.25, 0.3) is 0 Å². The van der Waals surface area contributed by atoms with Crippen molar-refractivity contribution in [2.45, 2.75) is 115 Å². The number of ether oxygens (including phenoxy) is 4. The zero-order valence-corrected chi connectivity index (χ0v) is 24.4. The van der Waals surface area contributed by atoms with Crippen LogP contribution in [-0.2, 0) is 23.7 Å². The number of carbonyl (C=O) groups is 2. The summed E-state index contributed by atoms with van der Waals surface area (Å²) in [6, 6.07) is -0.159. The average molecular weight is 536 g/mol. The summed E-state index contributed by atoms with van der Waals surface area (Å²) in [5.41, 5.74) is 0.592. The lowest BCUT2D eigenvalue weighted by Gasteiger charge is -2.42. The van der Waals surface area contributed by atoms with Crippen molar-refractivity contribution in [3.05, 3.63) is 11.6 Å². The van der Waals surface area contributed by atoms with Crippen LogP contribution in [0, 0.1) is 11.8 Å². The van der Waals surface area contributed by atoms with Crippen molar-refractivity contribution < 1.29 is 28.5 Å². The van der Waals surface area contributed by atoms with Crippen molar-refractivity contribution in [3.63, 3.8) is 0 Å². The van der Waals surface area contributed by atoms with E-state index in [0.29, 0.717) is 25.6 Å². The molecule has 0 bridgehead atoms. The molecule has 0 aromatic rings. The van der Waals surface area contributed by atoms with Gasteiger partial charge in [-0.05, 0) is 78.8 Å². The maximum atomic E-state index is 13.1. The zero-order chi connectivity index (χ0) is 27.7. The molecule has 4 rings (SSSR count). The molecule has 4 fully saturated rings.